The lowest BCUT2D eigenvalue weighted by Gasteiger charge is -2.05. The third-order valence-electron chi connectivity index (χ3n) is 2.21. The zero-order valence-corrected chi connectivity index (χ0v) is 10.1. The van der Waals surface area contributed by atoms with Crippen molar-refractivity contribution in [3.05, 3.63) is 29.3 Å². The van der Waals surface area contributed by atoms with E-state index in [4.69, 9.17) is 9.84 Å². The van der Waals surface area contributed by atoms with Crippen molar-refractivity contribution in [1.29, 1.82) is 0 Å². The van der Waals surface area contributed by atoms with E-state index in [1.54, 1.807) is 11.8 Å². The van der Waals surface area contributed by atoms with E-state index < -0.39 is 0 Å². The fourth-order valence-electron chi connectivity index (χ4n) is 1.19. The van der Waals surface area contributed by atoms with Gasteiger partial charge in [-0.05, 0) is 37.1 Å². The highest BCUT2D eigenvalue weighted by Crippen LogP contribution is 2.20. The van der Waals surface area contributed by atoms with Crippen LogP contribution in [0, 0.1) is 13.8 Å². The number of hydrogen-bond acceptors (Lipinski definition) is 3. The van der Waals surface area contributed by atoms with Gasteiger partial charge in [-0.15, -0.1) is 11.8 Å². The molecule has 2 nitrogen and oxygen atoms in total. The van der Waals surface area contributed by atoms with Crippen LogP contribution in [-0.2, 0) is 4.74 Å². The van der Waals surface area contributed by atoms with Crippen LogP contribution in [0.5, 0.6) is 0 Å². The molecular weight excluding hydrogens is 208 g/mol. The molecule has 0 saturated carbocycles. The van der Waals surface area contributed by atoms with Crippen LogP contribution < -0.4 is 0 Å². The number of aryl methyl sites for hydroxylation is 2. The molecule has 1 rings (SSSR count). The topological polar surface area (TPSA) is 29.5 Å². The maximum absolute atomic E-state index is 8.52. The zero-order chi connectivity index (χ0) is 11.1. The minimum atomic E-state index is 0.105. The fourth-order valence-corrected chi connectivity index (χ4v) is 2.05. The molecule has 0 atom stereocenters. The molecule has 0 aliphatic rings. The van der Waals surface area contributed by atoms with Crippen LogP contribution in [-0.4, -0.2) is 30.7 Å². The Hall–Kier alpha value is -0.510. The van der Waals surface area contributed by atoms with Crippen molar-refractivity contribution >= 4 is 11.8 Å². The molecule has 0 amide bonds. The fraction of sp³-hybridized carbons (Fsp3) is 0.500. The van der Waals surface area contributed by atoms with E-state index in [2.05, 4.69) is 32.0 Å². The molecule has 0 radical (unpaired) electrons. The molecule has 0 heterocycles. The van der Waals surface area contributed by atoms with E-state index in [9.17, 15) is 0 Å². The monoisotopic (exact) mass is 226 g/mol. The molecular formula is C12H18O2S. The number of aliphatic hydroxyl groups excluding tert-OH is 1. The summed E-state index contributed by atoms with van der Waals surface area (Å²) in [4.78, 5) is 1.28. The van der Waals surface area contributed by atoms with Gasteiger partial charge in [-0.2, -0.15) is 0 Å². The van der Waals surface area contributed by atoms with E-state index >= 15 is 0 Å². The average molecular weight is 226 g/mol. The van der Waals surface area contributed by atoms with Crippen molar-refractivity contribution in [3.8, 4) is 0 Å². The normalized spacial score (nSPS) is 10.6. The summed E-state index contributed by atoms with van der Waals surface area (Å²) in [5.74, 6) is 0.933. The van der Waals surface area contributed by atoms with Crippen molar-refractivity contribution in [2.75, 3.05) is 25.6 Å². The summed E-state index contributed by atoms with van der Waals surface area (Å²) in [6.45, 7) is 5.48. The summed E-state index contributed by atoms with van der Waals surface area (Å²) in [6.07, 6.45) is 0. The molecule has 3 heteroatoms. The molecule has 1 aromatic carbocycles. The van der Waals surface area contributed by atoms with Gasteiger partial charge in [0.05, 0.1) is 19.8 Å². The molecule has 1 N–H and O–H groups in total. The molecule has 0 unspecified atom stereocenters. The highest BCUT2D eigenvalue weighted by atomic mass is 32.2. The van der Waals surface area contributed by atoms with Crippen molar-refractivity contribution in [3.63, 3.8) is 0 Å². The summed E-state index contributed by atoms with van der Waals surface area (Å²) < 4.78 is 5.19. The molecule has 0 aliphatic carbocycles. The van der Waals surface area contributed by atoms with Gasteiger partial charge >= 0.3 is 0 Å². The second kappa shape index (κ2) is 6.88. The van der Waals surface area contributed by atoms with E-state index in [-0.39, 0.29) is 6.61 Å². The Balaban J connectivity index is 2.28. The minimum absolute atomic E-state index is 0.105. The molecule has 1 aromatic rings. The summed E-state index contributed by atoms with van der Waals surface area (Å²) >= 11 is 1.79. The predicted octanol–water partition coefficient (Wildman–Crippen LogP) is 2.40. The quantitative estimate of drug-likeness (QED) is 0.596. The van der Waals surface area contributed by atoms with Crippen LogP contribution in [0.15, 0.2) is 23.1 Å². The number of thioether (sulfide) groups is 1. The van der Waals surface area contributed by atoms with Gasteiger partial charge in [0.25, 0.3) is 0 Å². The Morgan fingerprint density at radius 1 is 1.20 bits per heavy atom. The SMILES string of the molecule is Cc1ccc(SCCOCCO)cc1C. The van der Waals surface area contributed by atoms with Crippen molar-refractivity contribution < 1.29 is 9.84 Å². The Bertz CT molecular complexity index is 300. The lowest BCUT2D eigenvalue weighted by Crippen LogP contribution is -2.02. The Labute approximate surface area is 95.7 Å². The number of hydrogen-bond donors (Lipinski definition) is 1. The third-order valence-corrected chi connectivity index (χ3v) is 3.17. The predicted molar refractivity (Wildman–Crippen MR) is 64.5 cm³/mol. The van der Waals surface area contributed by atoms with E-state index in [0.717, 1.165) is 5.75 Å². The van der Waals surface area contributed by atoms with E-state index in [1.165, 1.54) is 16.0 Å². The van der Waals surface area contributed by atoms with Gasteiger partial charge in [-0.25, -0.2) is 0 Å². The maximum atomic E-state index is 8.52. The standard InChI is InChI=1S/C12H18O2S/c1-10-3-4-12(9-11(10)2)15-8-7-14-6-5-13/h3-4,9,13H,5-8H2,1-2H3. The largest absolute Gasteiger partial charge is 0.394 e. The van der Waals surface area contributed by atoms with Crippen LogP contribution in [0.25, 0.3) is 0 Å². The van der Waals surface area contributed by atoms with Crippen molar-refractivity contribution in [2.24, 2.45) is 0 Å². The van der Waals surface area contributed by atoms with Crippen LogP contribution in [0.2, 0.25) is 0 Å². The first-order valence-corrected chi connectivity index (χ1v) is 6.11. The second-order valence-corrected chi connectivity index (χ2v) is 4.60. The van der Waals surface area contributed by atoms with Crippen LogP contribution in [0.4, 0.5) is 0 Å². The maximum Gasteiger partial charge on any atom is 0.0698 e. The Kier molecular flexibility index (Phi) is 5.76. The Morgan fingerprint density at radius 2 is 2.00 bits per heavy atom. The van der Waals surface area contributed by atoms with Crippen LogP contribution in [0.1, 0.15) is 11.1 Å². The zero-order valence-electron chi connectivity index (χ0n) is 9.32. The summed E-state index contributed by atoms with van der Waals surface area (Å²) in [6, 6.07) is 6.48. The van der Waals surface area contributed by atoms with Crippen LogP contribution >= 0.6 is 11.8 Å². The summed E-state index contributed by atoms with van der Waals surface area (Å²) in [5.41, 5.74) is 2.66. The number of ether oxygens (including phenoxy) is 1. The smallest absolute Gasteiger partial charge is 0.0698 e. The summed E-state index contributed by atoms with van der Waals surface area (Å²) in [5, 5.41) is 8.52. The molecule has 0 saturated heterocycles. The first-order valence-electron chi connectivity index (χ1n) is 5.12. The van der Waals surface area contributed by atoms with Crippen LogP contribution in [0.3, 0.4) is 0 Å². The first-order chi connectivity index (χ1) is 7.24. The minimum Gasteiger partial charge on any atom is -0.394 e. The van der Waals surface area contributed by atoms with Gasteiger partial charge in [0.2, 0.25) is 0 Å². The lowest BCUT2D eigenvalue weighted by molar-refractivity contribution is 0.103. The third kappa shape index (κ3) is 4.69. The van der Waals surface area contributed by atoms with Gasteiger partial charge < -0.3 is 9.84 Å². The van der Waals surface area contributed by atoms with Crippen molar-refractivity contribution in [1.82, 2.24) is 0 Å². The van der Waals surface area contributed by atoms with E-state index in [0.29, 0.717) is 13.2 Å². The Morgan fingerprint density at radius 3 is 2.67 bits per heavy atom. The van der Waals surface area contributed by atoms with Gasteiger partial charge in [-0.3, -0.25) is 0 Å². The highest BCUT2D eigenvalue weighted by molar-refractivity contribution is 7.99. The lowest BCUT2D eigenvalue weighted by atomic mass is 10.1. The van der Waals surface area contributed by atoms with E-state index in [1.807, 2.05) is 0 Å². The number of aliphatic hydroxyl groups is 1. The molecule has 0 spiro atoms. The second-order valence-electron chi connectivity index (χ2n) is 3.43. The molecule has 0 fully saturated rings. The molecule has 84 valence electrons. The van der Waals surface area contributed by atoms with Gasteiger partial charge in [0, 0.05) is 10.6 Å². The van der Waals surface area contributed by atoms with Gasteiger partial charge in [0.1, 0.15) is 0 Å². The molecule has 0 aliphatic heterocycles. The average Bonchev–Trinajstić information content (AvgIpc) is 2.23. The first kappa shape index (κ1) is 12.6. The molecule has 15 heavy (non-hydrogen) atoms. The molecule has 0 aromatic heterocycles. The summed E-state index contributed by atoms with van der Waals surface area (Å²) in [7, 11) is 0. The van der Waals surface area contributed by atoms with Crippen molar-refractivity contribution in [2.45, 2.75) is 18.7 Å². The molecule has 0 bridgehead atoms. The highest BCUT2D eigenvalue weighted by Gasteiger charge is 1.97. The van der Waals surface area contributed by atoms with Gasteiger partial charge in [0.15, 0.2) is 0 Å². The number of rotatable bonds is 6. The number of benzene rings is 1. The van der Waals surface area contributed by atoms with Gasteiger partial charge in [-0.1, -0.05) is 6.07 Å².